The van der Waals surface area contributed by atoms with Crippen LogP contribution in [-0.2, 0) is 6.18 Å². The number of aromatic nitrogens is 1. The Morgan fingerprint density at radius 1 is 1.40 bits per heavy atom. The molecular formula is C13H18F3N3O. The number of nitrogens with zero attached hydrogens (tertiary/aromatic N) is 2. The molecule has 1 aromatic rings. The lowest BCUT2D eigenvalue weighted by molar-refractivity contribution is -0.137. The van der Waals surface area contributed by atoms with Gasteiger partial charge in [-0.3, -0.25) is 0 Å². The van der Waals surface area contributed by atoms with Crippen molar-refractivity contribution in [1.82, 2.24) is 4.98 Å². The second-order valence-electron chi connectivity index (χ2n) is 5.13. The molecule has 4 nitrogen and oxygen atoms in total. The van der Waals surface area contributed by atoms with E-state index in [-0.39, 0.29) is 11.7 Å². The van der Waals surface area contributed by atoms with Crippen LogP contribution in [0.5, 0.6) is 0 Å². The molecule has 0 spiro atoms. The van der Waals surface area contributed by atoms with Gasteiger partial charge in [-0.25, -0.2) is 4.98 Å². The van der Waals surface area contributed by atoms with E-state index in [1.54, 1.807) is 4.90 Å². The van der Waals surface area contributed by atoms with Crippen molar-refractivity contribution in [3.05, 3.63) is 17.7 Å². The van der Waals surface area contributed by atoms with Crippen molar-refractivity contribution in [2.24, 2.45) is 5.92 Å². The highest BCUT2D eigenvalue weighted by molar-refractivity contribution is 5.51. The Bertz CT molecular complexity index is 478. The molecule has 2 N–H and O–H groups in total. The maximum atomic E-state index is 12.9. The van der Waals surface area contributed by atoms with Crippen LogP contribution in [0.25, 0.3) is 0 Å². The summed E-state index contributed by atoms with van der Waals surface area (Å²) in [5.74, 6) is 0.495. The lowest BCUT2D eigenvalue weighted by atomic mass is 9.97. The number of alkyl halides is 3. The molecule has 1 fully saturated rings. The van der Waals surface area contributed by atoms with Crippen molar-refractivity contribution in [1.29, 1.82) is 0 Å². The topological polar surface area (TPSA) is 48.4 Å². The SMILES string of the molecule is CNc1cc(C(F)(F)F)cc(N2CCC(O)C(C)C2)n1. The van der Waals surface area contributed by atoms with Crippen LogP contribution < -0.4 is 10.2 Å². The van der Waals surface area contributed by atoms with Gasteiger partial charge >= 0.3 is 6.18 Å². The molecule has 0 bridgehead atoms. The predicted molar refractivity (Wildman–Crippen MR) is 70.8 cm³/mol. The summed E-state index contributed by atoms with van der Waals surface area (Å²) in [6, 6.07) is 2.05. The normalized spacial score (nSPS) is 23.8. The van der Waals surface area contributed by atoms with Crippen molar-refractivity contribution < 1.29 is 18.3 Å². The molecule has 1 aliphatic rings. The quantitative estimate of drug-likeness (QED) is 0.877. The van der Waals surface area contributed by atoms with Crippen molar-refractivity contribution >= 4 is 11.6 Å². The standard InChI is InChI=1S/C13H18F3N3O/c1-8-7-19(4-3-10(8)20)12-6-9(13(14,15)16)5-11(17-2)18-12/h5-6,8,10,20H,3-4,7H2,1-2H3,(H,17,18). The first-order valence-electron chi connectivity index (χ1n) is 6.51. The minimum atomic E-state index is -4.40. The summed E-state index contributed by atoms with van der Waals surface area (Å²) in [4.78, 5) is 5.97. The molecule has 2 rings (SSSR count). The molecule has 1 saturated heterocycles. The first kappa shape index (κ1) is 14.9. The van der Waals surface area contributed by atoms with Crippen LogP contribution >= 0.6 is 0 Å². The van der Waals surface area contributed by atoms with Crippen LogP contribution in [0.15, 0.2) is 12.1 Å². The number of halogens is 3. The average molecular weight is 289 g/mol. The molecule has 2 atom stereocenters. The van der Waals surface area contributed by atoms with Gasteiger partial charge in [0.05, 0.1) is 11.7 Å². The van der Waals surface area contributed by atoms with E-state index in [9.17, 15) is 18.3 Å². The van der Waals surface area contributed by atoms with E-state index in [1.807, 2.05) is 6.92 Å². The zero-order valence-electron chi connectivity index (χ0n) is 11.4. The van der Waals surface area contributed by atoms with Crippen LogP contribution in [0.2, 0.25) is 0 Å². The van der Waals surface area contributed by atoms with Gasteiger partial charge in [-0.05, 0) is 24.5 Å². The molecule has 2 heterocycles. The monoisotopic (exact) mass is 289 g/mol. The Hall–Kier alpha value is -1.50. The van der Waals surface area contributed by atoms with Crippen LogP contribution in [0.4, 0.5) is 24.8 Å². The summed E-state index contributed by atoms with van der Waals surface area (Å²) in [5.41, 5.74) is -0.717. The van der Waals surface area contributed by atoms with Gasteiger partial charge in [0, 0.05) is 20.1 Å². The highest BCUT2D eigenvalue weighted by Crippen LogP contribution is 2.33. The fourth-order valence-corrected chi connectivity index (χ4v) is 2.31. The Labute approximate surface area is 115 Å². The molecule has 0 aromatic carbocycles. The van der Waals surface area contributed by atoms with Crippen molar-refractivity contribution in [3.63, 3.8) is 0 Å². The lowest BCUT2D eigenvalue weighted by Gasteiger charge is -2.35. The molecular weight excluding hydrogens is 271 g/mol. The van der Waals surface area contributed by atoms with Gasteiger partial charge < -0.3 is 15.3 Å². The van der Waals surface area contributed by atoms with Gasteiger partial charge in [0.25, 0.3) is 0 Å². The second-order valence-corrected chi connectivity index (χ2v) is 5.13. The molecule has 20 heavy (non-hydrogen) atoms. The van der Waals surface area contributed by atoms with E-state index in [4.69, 9.17) is 0 Å². The number of hydrogen-bond acceptors (Lipinski definition) is 4. The third-order valence-corrected chi connectivity index (χ3v) is 3.58. The van der Waals surface area contributed by atoms with Gasteiger partial charge in [0.1, 0.15) is 11.6 Å². The van der Waals surface area contributed by atoms with Gasteiger partial charge in [0.2, 0.25) is 0 Å². The van der Waals surface area contributed by atoms with Gasteiger partial charge in [-0.2, -0.15) is 13.2 Å². The molecule has 0 aliphatic carbocycles. The van der Waals surface area contributed by atoms with Crippen molar-refractivity contribution in [2.45, 2.75) is 25.6 Å². The average Bonchev–Trinajstić information content (AvgIpc) is 2.40. The molecule has 2 unspecified atom stereocenters. The summed E-state index contributed by atoms with van der Waals surface area (Å²) in [6.45, 7) is 2.88. The third kappa shape index (κ3) is 3.15. The zero-order valence-corrected chi connectivity index (χ0v) is 11.4. The fourth-order valence-electron chi connectivity index (χ4n) is 2.31. The maximum Gasteiger partial charge on any atom is 0.416 e. The number of aliphatic hydroxyl groups is 1. The molecule has 0 amide bonds. The largest absolute Gasteiger partial charge is 0.416 e. The molecule has 0 saturated carbocycles. The predicted octanol–water partition coefficient (Wildman–Crippen LogP) is 2.35. The fraction of sp³-hybridized carbons (Fsp3) is 0.615. The number of piperidine rings is 1. The Morgan fingerprint density at radius 3 is 2.65 bits per heavy atom. The van der Waals surface area contributed by atoms with E-state index in [0.29, 0.717) is 25.3 Å². The number of rotatable bonds is 2. The Balaban J connectivity index is 2.31. The van der Waals surface area contributed by atoms with Crippen LogP contribution in [0, 0.1) is 5.92 Å². The summed E-state index contributed by atoms with van der Waals surface area (Å²) in [5, 5.41) is 12.3. The summed E-state index contributed by atoms with van der Waals surface area (Å²) in [7, 11) is 1.54. The molecule has 112 valence electrons. The van der Waals surface area contributed by atoms with E-state index in [1.165, 1.54) is 7.05 Å². The number of nitrogens with one attached hydrogen (secondary N) is 1. The highest BCUT2D eigenvalue weighted by atomic mass is 19.4. The zero-order chi connectivity index (χ0) is 14.9. The number of hydrogen-bond donors (Lipinski definition) is 2. The second kappa shape index (κ2) is 5.47. The van der Waals surface area contributed by atoms with Gasteiger partial charge in [-0.15, -0.1) is 0 Å². The summed E-state index contributed by atoms with van der Waals surface area (Å²) in [6.07, 6.45) is -4.26. The van der Waals surface area contributed by atoms with E-state index >= 15 is 0 Å². The Morgan fingerprint density at radius 2 is 2.10 bits per heavy atom. The van der Waals surface area contributed by atoms with Gasteiger partial charge in [0.15, 0.2) is 0 Å². The smallest absolute Gasteiger partial charge is 0.393 e. The van der Waals surface area contributed by atoms with Crippen LogP contribution in [0.1, 0.15) is 18.9 Å². The minimum Gasteiger partial charge on any atom is -0.393 e. The third-order valence-electron chi connectivity index (χ3n) is 3.58. The number of pyridine rings is 1. The van der Waals surface area contributed by atoms with Crippen molar-refractivity contribution in [3.8, 4) is 0 Å². The Kier molecular flexibility index (Phi) is 4.08. The van der Waals surface area contributed by atoms with Crippen LogP contribution in [0.3, 0.4) is 0 Å². The highest BCUT2D eigenvalue weighted by Gasteiger charge is 2.33. The van der Waals surface area contributed by atoms with Crippen molar-refractivity contribution in [2.75, 3.05) is 30.4 Å². The molecule has 7 heteroatoms. The van der Waals surface area contributed by atoms with Gasteiger partial charge in [-0.1, -0.05) is 6.92 Å². The molecule has 1 aliphatic heterocycles. The van der Waals surface area contributed by atoms with E-state index in [0.717, 1.165) is 12.1 Å². The summed E-state index contributed by atoms with van der Waals surface area (Å²) >= 11 is 0. The first-order chi connectivity index (χ1) is 9.31. The molecule has 0 radical (unpaired) electrons. The lowest BCUT2D eigenvalue weighted by Crippen LogP contribution is -2.42. The van der Waals surface area contributed by atoms with Crippen LogP contribution in [-0.4, -0.2) is 36.3 Å². The minimum absolute atomic E-state index is 0.0122. The summed E-state index contributed by atoms with van der Waals surface area (Å²) < 4.78 is 38.6. The maximum absolute atomic E-state index is 12.9. The molecule has 1 aromatic heterocycles. The number of anilines is 2. The number of aliphatic hydroxyl groups excluding tert-OH is 1. The van der Waals surface area contributed by atoms with E-state index in [2.05, 4.69) is 10.3 Å². The van der Waals surface area contributed by atoms with E-state index < -0.39 is 17.8 Å². The first-order valence-corrected chi connectivity index (χ1v) is 6.51.